The van der Waals surface area contributed by atoms with Crippen molar-refractivity contribution in [3.8, 4) is 5.75 Å². The summed E-state index contributed by atoms with van der Waals surface area (Å²) in [6.45, 7) is 2.33. The zero-order chi connectivity index (χ0) is 21.4. The van der Waals surface area contributed by atoms with Gasteiger partial charge in [-0.05, 0) is 30.9 Å². The molecular formula is C19H25BF3NO5. The zero-order valence-corrected chi connectivity index (χ0v) is 16.3. The first kappa shape index (κ1) is 23.1. The number of fused-ring (bicyclic) bond motifs is 1. The van der Waals surface area contributed by atoms with Crippen LogP contribution >= 0.6 is 0 Å². The van der Waals surface area contributed by atoms with Crippen molar-refractivity contribution in [2.45, 2.75) is 64.0 Å². The van der Waals surface area contributed by atoms with Crippen molar-refractivity contribution in [1.82, 2.24) is 5.32 Å². The van der Waals surface area contributed by atoms with Crippen LogP contribution in [0.5, 0.6) is 5.75 Å². The quantitative estimate of drug-likeness (QED) is 0.368. The van der Waals surface area contributed by atoms with Crippen LogP contribution in [-0.2, 0) is 16.0 Å². The maximum Gasteiger partial charge on any atom is 0.547 e. The smallest absolute Gasteiger partial charge is 0.534 e. The number of hydrogen-bond acceptors (Lipinski definition) is 5. The van der Waals surface area contributed by atoms with Gasteiger partial charge in [-0.25, -0.2) is 4.79 Å². The molecule has 10 heteroatoms. The fraction of sp³-hybridized carbons (Fsp3) is 0.579. The van der Waals surface area contributed by atoms with Crippen LogP contribution < -0.4 is 9.97 Å². The van der Waals surface area contributed by atoms with Gasteiger partial charge in [0, 0.05) is 12.8 Å². The molecule has 1 amide bonds. The van der Waals surface area contributed by atoms with Crippen molar-refractivity contribution < 1.29 is 37.2 Å². The van der Waals surface area contributed by atoms with E-state index in [1.165, 1.54) is 6.07 Å². The Morgan fingerprint density at radius 1 is 1.31 bits per heavy atom. The lowest BCUT2D eigenvalue weighted by Gasteiger charge is -2.29. The monoisotopic (exact) mass is 415 g/mol. The van der Waals surface area contributed by atoms with E-state index in [4.69, 9.17) is 9.39 Å². The first-order valence-electron chi connectivity index (χ1n) is 9.71. The molecule has 1 aromatic carbocycles. The third kappa shape index (κ3) is 7.27. The maximum absolute atomic E-state index is 12.3. The predicted molar refractivity (Wildman–Crippen MR) is 100 cm³/mol. The molecule has 1 aliphatic heterocycles. The molecule has 160 valence electrons. The number of benzene rings is 1. The molecular weight excluding hydrogens is 390 g/mol. The van der Waals surface area contributed by atoms with Crippen molar-refractivity contribution in [3.05, 3.63) is 29.3 Å². The summed E-state index contributed by atoms with van der Waals surface area (Å²) in [4.78, 5) is 24.2. The molecule has 0 bridgehead atoms. The van der Waals surface area contributed by atoms with Gasteiger partial charge in [-0.2, -0.15) is 13.2 Å². The number of halogens is 3. The summed E-state index contributed by atoms with van der Waals surface area (Å²) >= 11 is 0. The van der Waals surface area contributed by atoms with Gasteiger partial charge in [0.1, 0.15) is 11.3 Å². The summed E-state index contributed by atoms with van der Waals surface area (Å²) in [5.41, 5.74) is 0.784. The first-order chi connectivity index (χ1) is 13.7. The number of ether oxygens (including phenoxy) is 1. The van der Waals surface area contributed by atoms with Gasteiger partial charge in [-0.15, -0.1) is 0 Å². The molecule has 0 radical (unpaired) electrons. The summed E-state index contributed by atoms with van der Waals surface area (Å²) < 4.78 is 47.2. The third-order valence-electron chi connectivity index (χ3n) is 4.53. The van der Waals surface area contributed by atoms with E-state index in [0.717, 1.165) is 19.3 Å². The number of rotatable bonds is 9. The van der Waals surface area contributed by atoms with Crippen LogP contribution in [0, 0.1) is 0 Å². The van der Waals surface area contributed by atoms with E-state index < -0.39 is 37.5 Å². The number of carbonyl (C=O) groups excluding carboxylic acids is 2. The van der Waals surface area contributed by atoms with Crippen molar-refractivity contribution in [1.29, 1.82) is 0 Å². The highest BCUT2D eigenvalue weighted by molar-refractivity contribution is 6.47. The number of nitrogens with one attached hydrogen (secondary N) is 1. The second-order valence-electron chi connectivity index (χ2n) is 6.99. The average Bonchev–Trinajstić information content (AvgIpc) is 2.64. The Balaban J connectivity index is 1.96. The van der Waals surface area contributed by atoms with Crippen molar-refractivity contribution >= 4 is 19.0 Å². The molecule has 2 N–H and O–H groups in total. The minimum atomic E-state index is -4.31. The SMILES string of the molecule is CCCCCOC(=O)c1cccc2c1OB(O)[C@@H](NC(=O)CCCC(F)(F)F)C2. The van der Waals surface area contributed by atoms with E-state index in [0.29, 0.717) is 5.56 Å². The topological polar surface area (TPSA) is 84.9 Å². The molecule has 1 atom stereocenters. The summed E-state index contributed by atoms with van der Waals surface area (Å²) in [6.07, 6.45) is -3.12. The molecule has 0 saturated heterocycles. The van der Waals surface area contributed by atoms with Crippen LogP contribution in [0.2, 0.25) is 0 Å². The van der Waals surface area contributed by atoms with Gasteiger partial charge >= 0.3 is 19.3 Å². The van der Waals surface area contributed by atoms with Gasteiger partial charge in [-0.1, -0.05) is 31.9 Å². The first-order valence-corrected chi connectivity index (χ1v) is 9.71. The van der Waals surface area contributed by atoms with Crippen LogP contribution in [0.3, 0.4) is 0 Å². The highest BCUT2D eigenvalue weighted by Crippen LogP contribution is 2.31. The summed E-state index contributed by atoms with van der Waals surface area (Å²) in [5, 5.41) is 12.7. The number of alkyl halides is 3. The molecule has 0 aromatic heterocycles. The minimum Gasteiger partial charge on any atom is -0.534 e. The molecule has 0 spiro atoms. The van der Waals surface area contributed by atoms with E-state index in [9.17, 15) is 27.8 Å². The van der Waals surface area contributed by atoms with Gasteiger partial charge in [0.05, 0.1) is 12.5 Å². The fourth-order valence-corrected chi connectivity index (χ4v) is 3.03. The van der Waals surface area contributed by atoms with Crippen LogP contribution in [0.1, 0.15) is 61.4 Å². The number of esters is 1. The van der Waals surface area contributed by atoms with Gasteiger partial charge in [0.15, 0.2) is 0 Å². The fourth-order valence-electron chi connectivity index (χ4n) is 3.03. The van der Waals surface area contributed by atoms with Crippen molar-refractivity contribution in [3.63, 3.8) is 0 Å². The Hall–Kier alpha value is -2.23. The summed E-state index contributed by atoms with van der Waals surface area (Å²) in [7, 11) is -1.43. The largest absolute Gasteiger partial charge is 0.547 e. The molecule has 29 heavy (non-hydrogen) atoms. The molecule has 1 aromatic rings. The number of carbonyl (C=O) groups is 2. The maximum atomic E-state index is 12.3. The Morgan fingerprint density at radius 2 is 2.07 bits per heavy atom. The van der Waals surface area contributed by atoms with Crippen molar-refractivity contribution in [2.75, 3.05) is 6.61 Å². The lowest BCUT2D eigenvalue weighted by Crippen LogP contribution is -2.53. The lowest BCUT2D eigenvalue weighted by molar-refractivity contribution is -0.137. The molecule has 1 heterocycles. The van der Waals surface area contributed by atoms with Gasteiger partial charge in [0.2, 0.25) is 5.91 Å². The molecule has 0 saturated carbocycles. The third-order valence-corrected chi connectivity index (χ3v) is 4.53. The van der Waals surface area contributed by atoms with Gasteiger partial charge < -0.3 is 19.7 Å². The van der Waals surface area contributed by atoms with Crippen molar-refractivity contribution in [2.24, 2.45) is 0 Å². The standard InChI is InChI=1S/C19H25BF3NO5/c1-2-3-4-11-28-18(26)14-8-5-7-13-12-15(20(27)29-17(13)14)24-16(25)9-6-10-19(21,22)23/h5,7-8,15,27H,2-4,6,9-12H2,1H3,(H,24,25)/t15-/m0/s1. The number of amides is 1. The lowest BCUT2D eigenvalue weighted by atomic mass is 9.72. The Morgan fingerprint density at radius 3 is 2.76 bits per heavy atom. The average molecular weight is 415 g/mol. The van der Waals surface area contributed by atoms with Gasteiger partial charge in [-0.3, -0.25) is 4.79 Å². The van der Waals surface area contributed by atoms with E-state index in [1.54, 1.807) is 12.1 Å². The second kappa shape index (κ2) is 10.5. The molecule has 0 fully saturated rings. The van der Waals surface area contributed by atoms with E-state index in [-0.39, 0.29) is 37.2 Å². The van der Waals surface area contributed by atoms with E-state index in [2.05, 4.69) is 5.32 Å². The number of para-hydroxylation sites is 1. The second-order valence-corrected chi connectivity index (χ2v) is 6.99. The molecule has 1 aliphatic rings. The predicted octanol–water partition coefficient (Wildman–Crippen LogP) is 3.21. The Kier molecular flexibility index (Phi) is 8.37. The summed E-state index contributed by atoms with van der Waals surface area (Å²) in [5.74, 6) is -1.78. The number of hydrogen-bond donors (Lipinski definition) is 2. The molecule has 6 nitrogen and oxygen atoms in total. The van der Waals surface area contributed by atoms with Crippen LogP contribution in [0.25, 0.3) is 0 Å². The summed E-state index contributed by atoms with van der Waals surface area (Å²) in [6, 6.07) is 4.87. The molecule has 0 aliphatic carbocycles. The Bertz CT molecular complexity index is 714. The van der Waals surface area contributed by atoms with Crippen LogP contribution in [0.15, 0.2) is 18.2 Å². The highest BCUT2D eigenvalue weighted by atomic mass is 19.4. The Labute approximate surface area is 167 Å². The van der Waals surface area contributed by atoms with Crippen LogP contribution in [0.4, 0.5) is 13.2 Å². The van der Waals surface area contributed by atoms with Gasteiger partial charge in [0.25, 0.3) is 0 Å². The molecule has 0 unspecified atom stereocenters. The van der Waals surface area contributed by atoms with E-state index >= 15 is 0 Å². The zero-order valence-electron chi connectivity index (χ0n) is 16.3. The normalized spacial score (nSPS) is 16.0. The minimum absolute atomic E-state index is 0.179. The van der Waals surface area contributed by atoms with Crippen LogP contribution in [-0.4, -0.2) is 42.7 Å². The van der Waals surface area contributed by atoms with E-state index in [1.807, 2.05) is 6.92 Å². The number of unbranched alkanes of at least 4 members (excludes halogenated alkanes) is 2. The highest BCUT2D eigenvalue weighted by Gasteiger charge is 2.38. The molecule has 2 rings (SSSR count).